The topological polar surface area (TPSA) is 105 Å². The summed E-state index contributed by atoms with van der Waals surface area (Å²) in [5.41, 5.74) is 6.68. The molecular formula is C16H24N4O3. The molecule has 0 aliphatic carbocycles. The van der Waals surface area contributed by atoms with Gasteiger partial charge in [0.25, 0.3) is 0 Å². The van der Waals surface area contributed by atoms with Gasteiger partial charge >= 0.3 is 6.03 Å². The van der Waals surface area contributed by atoms with Crippen molar-refractivity contribution in [3.05, 3.63) is 29.8 Å². The average molecular weight is 320 g/mol. The summed E-state index contributed by atoms with van der Waals surface area (Å²) < 4.78 is 0. The quantitative estimate of drug-likeness (QED) is 0.703. The number of carbonyl (C=O) groups excluding carboxylic acids is 3. The Kier molecular flexibility index (Phi) is 7.05. The highest BCUT2D eigenvalue weighted by Gasteiger charge is 2.23. The second kappa shape index (κ2) is 8.77. The molecule has 4 amide bonds. The van der Waals surface area contributed by atoms with Gasteiger partial charge < -0.3 is 21.3 Å². The van der Waals surface area contributed by atoms with Crippen LogP contribution >= 0.6 is 0 Å². The summed E-state index contributed by atoms with van der Waals surface area (Å²) in [4.78, 5) is 36.7. The van der Waals surface area contributed by atoms with Crippen molar-refractivity contribution in [1.29, 1.82) is 0 Å². The average Bonchev–Trinajstić information content (AvgIpc) is 2.47. The zero-order chi connectivity index (χ0) is 17.4. The molecule has 0 aliphatic rings. The lowest BCUT2D eigenvalue weighted by molar-refractivity contribution is -0.136. The normalized spacial score (nSPS) is 11.4. The van der Waals surface area contributed by atoms with Crippen LogP contribution in [0.25, 0.3) is 0 Å². The van der Waals surface area contributed by atoms with Crippen LogP contribution in [-0.4, -0.2) is 41.9 Å². The van der Waals surface area contributed by atoms with E-state index in [-0.39, 0.29) is 18.4 Å². The number of benzene rings is 1. The third-order valence-corrected chi connectivity index (χ3v) is 3.29. The zero-order valence-electron chi connectivity index (χ0n) is 13.8. The van der Waals surface area contributed by atoms with Gasteiger partial charge in [-0.2, -0.15) is 0 Å². The van der Waals surface area contributed by atoms with Crippen molar-refractivity contribution in [2.24, 2.45) is 5.73 Å². The Labute approximate surface area is 136 Å². The first-order valence-corrected chi connectivity index (χ1v) is 7.55. The van der Waals surface area contributed by atoms with E-state index in [0.717, 1.165) is 5.56 Å². The SMILES string of the molecule is CCCN(CC(=O)Nc1ccccc1C)C(=O)C(C)NC(N)=O. The molecule has 0 bridgehead atoms. The second-order valence-electron chi connectivity index (χ2n) is 5.35. The van der Waals surface area contributed by atoms with Crippen molar-refractivity contribution < 1.29 is 14.4 Å². The summed E-state index contributed by atoms with van der Waals surface area (Å²) in [5.74, 6) is -0.627. The number of aryl methyl sites for hydroxylation is 1. The largest absolute Gasteiger partial charge is 0.352 e. The minimum Gasteiger partial charge on any atom is -0.352 e. The van der Waals surface area contributed by atoms with Crippen LogP contribution in [-0.2, 0) is 9.59 Å². The number of anilines is 1. The van der Waals surface area contributed by atoms with E-state index in [4.69, 9.17) is 5.73 Å². The van der Waals surface area contributed by atoms with Crippen molar-refractivity contribution in [2.75, 3.05) is 18.4 Å². The number of para-hydroxylation sites is 1. The van der Waals surface area contributed by atoms with Crippen LogP contribution < -0.4 is 16.4 Å². The summed E-state index contributed by atoms with van der Waals surface area (Å²) in [5, 5.41) is 5.12. The number of nitrogens with one attached hydrogen (secondary N) is 2. The molecule has 0 saturated carbocycles. The van der Waals surface area contributed by atoms with Crippen LogP contribution in [0.15, 0.2) is 24.3 Å². The van der Waals surface area contributed by atoms with Crippen LogP contribution in [0.3, 0.4) is 0 Å². The lowest BCUT2D eigenvalue weighted by atomic mass is 10.2. The van der Waals surface area contributed by atoms with Gasteiger partial charge in [0.1, 0.15) is 6.04 Å². The van der Waals surface area contributed by atoms with Gasteiger partial charge in [0, 0.05) is 12.2 Å². The molecule has 7 nitrogen and oxygen atoms in total. The minimum absolute atomic E-state index is 0.0776. The Balaban J connectivity index is 2.71. The molecule has 0 heterocycles. The van der Waals surface area contributed by atoms with Crippen molar-refractivity contribution in [1.82, 2.24) is 10.2 Å². The lowest BCUT2D eigenvalue weighted by Gasteiger charge is -2.25. The van der Waals surface area contributed by atoms with E-state index >= 15 is 0 Å². The van der Waals surface area contributed by atoms with Gasteiger partial charge in [-0.3, -0.25) is 9.59 Å². The Bertz CT molecular complexity index is 574. The highest BCUT2D eigenvalue weighted by Crippen LogP contribution is 2.13. The summed E-state index contributed by atoms with van der Waals surface area (Å²) in [6.07, 6.45) is 0.701. The summed E-state index contributed by atoms with van der Waals surface area (Å²) in [7, 11) is 0. The van der Waals surface area contributed by atoms with Crippen LogP contribution in [0.4, 0.5) is 10.5 Å². The fourth-order valence-corrected chi connectivity index (χ4v) is 2.16. The van der Waals surface area contributed by atoms with Crippen LogP contribution in [0.5, 0.6) is 0 Å². The van der Waals surface area contributed by atoms with Crippen LogP contribution in [0.1, 0.15) is 25.8 Å². The number of hydrogen-bond acceptors (Lipinski definition) is 3. The fourth-order valence-electron chi connectivity index (χ4n) is 2.16. The fraction of sp³-hybridized carbons (Fsp3) is 0.438. The number of primary amides is 1. The number of rotatable bonds is 7. The van der Waals surface area contributed by atoms with Gasteiger partial charge in [-0.15, -0.1) is 0 Å². The molecule has 1 aromatic rings. The van der Waals surface area contributed by atoms with Crippen LogP contribution in [0, 0.1) is 6.92 Å². The maximum atomic E-state index is 12.3. The number of nitrogens with zero attached hydrogens (tertiary/aromatic N) is 1. The molecule has 0 aliphatic heterocycles. The first kappa shape index (κ1) is 18.5. The standard InChI is InChI=1S/C16H24N4O3/c1-4-9-20(15(22)12(3)18-16(17)23)10-14(21)19-13-8-6-5-7-11(13)2/h5-8,12H,4,9-10H2,1-3H3,(H,19,21)(H3,17,18,23). The summed E-state index contributed by atoms with van der Waals surface area (Å²) >= 11 is 0. The Hall–Kier alpha value is -2.57. The smallest absolute Gasteiger partial charge is 0.312 e. The monoisotopic (exact) mass is 320 g/mol. The molecule has 0 fully saturated rings. The van der Waals surface area contributed by atoms with Gasteiger partial charge in [-0.25, -0.2) is 4.79 Å². The van der Waals surface area contributed by atoms with E-state index in [1.807, 2.05) is 32.0 Å². The highest BCUT2D eigenvalue weighted by molar-refractivity contribution is 5.96. The molecule has 4 N–H and O–H groups in total. The molecule has 0 spiro atoms. The predicted octanol–water partition coefficient (Wildman–Crippen LogP) is 1.23. The van der Waals surface area contributed by atoms with Gasteiger partial charge in [0.15, 0.2) is 0 Å². The van der Waals surface area contributed by atoms with E-state index < -0.39 is 12.1 Å². The Morgan fingerprint density at radius 3 is 2.48 bits per heavy atom. The number of nitrogens with two attached hydrogens (primary N) is 1. The molecule has 7 heteroatoms. The Morgan fingerprint density at radius 1 is 1.26 bits per heavy atom. The van der Waals surface area contributed by atoms with Crippen molar-refractivity contribution in [3.63, 3.8) is 0 Å². The van der Waals surface area contributed by atoms with Crippen molar-refractivity contribution in [3.8, 4) is 0 Å². The molecule has 1 atom stereocenters. The Morgan fingerprint density at radius 2 is 1.91 bits per heavy atom. The molecule has 0 radical (unpaired) electrons. The number of amides is 4. The molecule has 0 saturated heterocycles. The zero-order valence-corrected chi connectivity index (χ0v) is 13.8. The van der Waals surface area contributed by atoms with Crippen LogP contribution in [0.2, 0.25) is 0 Å². The molecule has 1 rings (SSSR count). The predicted molar refractivity (Wildman–Crippen MR) is 88.9 cm³/mol. The van der Waals surface area contributed by atoms with Gasteiger partial charge in [0.05, 0.1) is 6.54 Å². The van der Waals surface area contributed by atoms with Crippen molar-refractivity contribution in [2.45, 2.75) is 33.2 Å². The second-order valence-corrected chi connectivity index (χ2v) is 5.35. The van der Waals surface area contributed by atoms with Gasteiger partial charge in [0.2, 0.25) is 11.8 Å². The molecule has 23 heavy (non-hydrogen) atoms. The van der Waals surface area contributed by atoms with E-state index in [0.29, 0.717) is 18.7 Å². The maximum Gasteiger partial charge on any atom is 0.312 e. The highest BCUT2D eigenvalue weighted by atomic mass is 16.2. The first-order valence-electron chi connectivity index (χ1n) is 7.55. The number of urea groups is 1. The van der Waals surface area contributed by atoms with Gasteiger partial charge in [-0.1, -0.05) is 25.1 Å². The lowest BCUT2D eigenvalue weighted by Crippen LogP contribution is -2.50. The summed E-state index contributed by atoms with van der Waals surface area (Å²) in [6, 6.07) is 5.86. The van der Waals surface area contributed by atoms with Gasteiger partial charge in [-0.05, 0) is 31.9 Å². The third-order valence-electron chi connectivity index (χ3n) is 3.29. The summed E-state index contributed by atoms with van der Waals surface area (Å²) in [6.45, 7) is 5.68. The third kappa shape index (κ3) is 5.98. The molecule has 126 valence electrons. The molecular weight excluding hydrogens is 296 g/mol. The van der Waals surface area contributed by atoms with E-state index in [2.05, 4.69) is 10.6 Å². The molecule has 0 aromatic heterocycles. The minimum atomic E-state index is -0.773. The molecule has 1 aromatic carbocycles. The van der Waals surface area contributed by atoms with E-state index in [1.165, 1.54) is 11.8 Å². The molecule has 1 unspecified atom stereocenters. The van der Waals surface area contributed by atoms with Crippen molar-refractivity contribution >= 4 is 23.5 Å². The number of carbonyl (C=O) groups is 3. The van der Waals surface area contributed by atoms with E-state index in [9.17, 15) is 14.4 Å². The maximum absolute atomic E-state index is 12.3. The first-order chi connectivity index (χ1) is 10.8. The number of hydrogen-bond donors (Lipinski definition) is 3. The van der Waals surface area contributed by atoms with E-state index in [1.54, 1.807) is 6.07 Å².